The molecule has 0 saturated heterocycles. The molecule has 0 aliphatic heterocycles. The van der Waals surface area contributed by atoms with Gasteiger partial charge in [0, 0.05) is 37.1 Å². The summed E-state index contributed by atoms with van der Waals surface area (Å²) in [6.45, 7) is 0. The second-order valence-electron chi connectivity index (χ2n) is 5.46. The maximum atomic E-state index is 12.2. The molecule has 2 aromatic carbocycles. The number of H-pyrrole nitrogens is 1. The first-order chi connectivity index (χ1) is 10.6. The number of carbonyl (C=O) groups is 1. The summed E-state index contributed by atoms with van der Waals surface area (Å²) < 4.78 is 0. The van der Waals surface area contributed by atoms with E-state index in [1.807, 2.05) is 73.7 Å². The van der Waals surface area contributed by atoms with Crippen molar-refractivity contribution in [2.45, 2.75) is 0 Å². The molecule has 0 aliphatic rings. The molecule has 0 radical (unpaired) electrons. The van der Waals surface area contributed by atoms with Crippen molar-refractivity contribution in [1.82, 2.24) is 4.98 Å². The van der Waals surface area contributed by atoms with Crippen molar-refractivity contribution in [3.8, 4) is 0 Å². The van der Waals surface area contributed by atoms with Crippen LogP contribution in [0, 0.1) is 0 Å². The zero-order valence-corrected chi connectivity index (χ0v) is 12.7. The number of aromatic amines is 1. The Bertz CT molecular complexity index is 826. The van der Waals surface area contributed by atoms with Gasteiger partial charge in [-0.3, -0.25) is 4.79 Å². The van der Waals surface area contributed by atoms with E-state index in [1.54, 1.807) is 6.08 Å². The third kappa shape index (κ3) is 2.93. The number of carbonyl (C=O) groups excluding carboxylic acids is 1. The molecule has 0 amide bonds. The Morgan fingerprint density at radius 1 is 1.05 bits per heavy atom. The molecule has 3 nitrogen and oxygen atoms in total. The zero-order valence-electron chi connectivity index (χ0n) is 12.7. The predicted molar refractivity (Wildman–Crippen MR) is 92.4 cm³/mol. The van der Waals surface area contributed by atoms with E-state index in [9.17, 15) is 4.79 Å². The topological polar surface area (TPSA) is 36.1 Å². The molecule has 1 aromatic heterocycles. The van der Waals surface area contributed by atoms with Crippen LogP contribution in [0.3, 0.4) is 0 Å². The molecule has 0 saturated carbocycles. The van der Waals surface area contributed by atoms with Gasteiger partial charge in [-0.05, 0) is 59.5 Å². The largest absolute Gasteiger partial charge is 0.378 e. The minimum absolute atomic E-state index is 0.0134. The monoisotopic (exact) mass is 290 g/mol. The van der Waals surface area contributed by atoms with Gasteiger partial charge in [0.05, 0.1) is 0 Å². The molecule has 3 heteroatoms. The number of nitrogens with one attached hydrogen (secondary N) is 1. The highest BCUT2D eigenvalue weighted by Gasteiger charge is 2.03. The third-order valence-electron chi connectivity index (χ3n) is 3.67. The number of benzene rings is 2. The molecule has 0 unspecified atom stereocenters. The molecular formula is C19H18N2O. The Kier molecular flexibility index (Phi) is 3.79. The van der Waals surface area contributed by atoms with Crippen LogP contribution in [-0.4, -0.2) is 24.9 Å². The first-order valence-corrected chi connectivity index (χ1v) is 7.20. The van der Waals surface area contributed by atoms with E-state index in [0.717, 1.165) is 22.2 Å². The van der Waals surface area contributed by atoms with Crippen molar-refractivity contribution in [1.29, 1.82) is 0 Å². The predicted octanol–water partition coefficient (Wildman–Crippen LogP) is 4.13. The van der Waals surface area contributed by atoms with Crippen LogP contribution < -0.4 is 4.90 Å². The number of rotatable bonds is 4. The van der Waals surface area contributed by atoms with Crippen LogP contribution in [0.1, 0.15) is 15.9 Å². The lowest BCUT2D eigenvalue weighted by Crippen LogP contribution is -2.08. The number of hydrogen-bond acceptors (Lipinski definition) is 2. The van der Waals surface area contributed by atoms with Gasteiger partial charge >= 0.3 is 0 Å². The van der Waals surface area contributed by atoms with E-state index in [1.165, 1.54) is 0 Å². The van der Waals surface area contributed by atoms with E-state index in [4.69, 9.17) is 0 Å². The third-order valence-corrected chi connectivity index (χ3v) is 3.67. The highest BCUT2D eigenvalue weighted by atomic mass is 16.1. The van der Waals surface area contributed by atoms with Crippen molar-refractivity contribution in [3.05, 3.63) is 71.9 Å². The Morgan fingerprint density at radius 3 is 2.55 bits per heavy atom. The maximum absolute atomic E-state index is 12.2. The van der Waals surface area contributed by atoms with Crippen molar-refractivity contribution in [2.75, 3.05) is 19.0 Å². The van der Waals surface area contributed by atoms with Crippen LogP contribution in [0.5, 0.6) is 0 Å². The van der Waals surface area contributed by atoms with E-state index in [2.05, 4.69) is 11.1 Å². The van der Waals surface area contributed by atoms with Crippen molar-refractivity contribution in [2.24, 2.45) is 0 Å². The second kappa shape index (κ2) is 5.90. The Morgan fingerprint density at radius 2 is 1.82 bits per heavy atom. The fourth-order valence-corrected chi connectivity index (χ4v) is 2.37. The van der Waals surface area contributed by atoms with Gasteiger partial charge in [0.25, 0.3) is 0 Å². The summed E-state index contributed by atoms with van der Waals surface area (Å²) in [5, 5.41) is 1.14. The average molecular weight is 290 g/mol. The Hall–Kier alpha value is -2.81. The number of aromatic nitrogens is 1. The van der Waals surface area contributed by atoms with E-state index >= 15 is 0 Å². The standard InChI is InChI=1S/C19H18N2O/c1-21(2)17-7-5-15(6-8-17)19(22)10-4-14-3-9-18-16(13-14)11-12-20-18/h3-13,20H,1-2H3/b10-4+. The van der Waals surface area contributed by atoms with Crippen LogP contribution >= 0.6 is 0 Å². The van der Waals surface area contributed by atoms with Gasteiger partial charge in [-0.15, -0.1) is 0 Å². The summed E-state index contributed by atoms with van der Waals surface area (Å²) in [6, 6.07) is 15.7. The fourth-order valence-electron chi connectivity index (χ4n) is 2.37. The van der Waals surface area contributed by atoms with Gasteiger partial charge in [-0.2, -0.15) is 0 Å². The fraction of sp³-hybridized carbons (Fsp3) is 0.105. The number of nitrogens with zero attached hydrogens (tertiary/aromatic N) is 1. The Balaban J connectivity index is 1.77. The molecule has 110 valence electrons. The maximum Gasteiger partial charge on any atom is 0.185 e. The minimum atomic E-state index is 0.0134. The van der Waals surface area contributed by atoms with Gasteiger partial charge < -0.3 is 9.88 Å². The molecule has 3 aromatic rings. The van der Waals surface area contributed by atoms with Crippen LogP contribution in [-0.2, 0) is 0 Å². The summed E-state index contributed by atoms with van der Waals surface area (Å²) in [4.78, 5) is 17.4. The lowest BCUT2D eigenvalue weighted by Gasteiger charge is -2.11. The lowest BCUT2D eigenvalue weighted by molar-refractivity contribution is 0.104. The molecule has 0 bridgehead atoms. The number of hydrogen-bond donors (Lipinski definition) is 1. The van der Waals surface area contributed by atoms with E-state index < -0.39 is 0 Å². The zero-order chi connectivity index (χ0) is 15.5. The van der Waals surface area contributed by atoms with Crippen LogP contribution in [0.2, 0.25) is 0 Å². The highest BCUT2D eigenvalue weighted by molar-refractivity contribution is 6.07. The lowest BCUT2D eigenvalue weighted by atomic mass is 10.1. The Labute approximate surface area is 129 Å². The summed E-state index contributed by atoms with van der Waals surface area (Å²) in [7, 11) is 3.96. The van der Waals surface area contributed by atoms with Crippen LogP contribution in [0.15, 0.2) is 60.8 Å². The van der Waals surface area contributed by atoms with Gasteiger partial charge in [0.2, 0.25) is 0 Å². The first-order valence-electron chi connectivity index (χ1n) is 7.20. The van der Waals surface area contributed by atoms with Crippen molar-refractivity contribution in [3.63, 3.8) is 0 Å². The van der Waals surface area contributed by atoms with Gasteiger partial charge in [-0.1, -0.05) is 12.1 Å². The summed E-state index contributed by atoms with van der Waals surface area (Å²) >= 11 is 0. The summed E-state index contributed by atoms with van der Waals surface area (Å²) in [6.07, 6.45) is 5.39. The minimum Gasteiger partial charge on any atom is -0.378 e. The van der Waals surface area contributed by atoms with Crippen LogP contribution in [0.4, 0.5) is 5.69 Å². The van der Waals surface area contributed by atoms with Crippen molar-refractivity contribution >= 4 is 28.4 Å². The summed E-state index contributed by atoms with van der Waals surface area (Å²) in [5.41, 5.74) is 3.90. The smallest absolute Gasteiger partial charge is 0.185 e. The van der Waals surface area contributed by atoms with Gasteiger partial charge in [-0.25, -0.2) is 0 Å². The average Bonchev–Trinajstić information content (AvgIpc) is 3.00. The normalized spacial score (nSPS) is 11.2. The molecule has 0 aliphatic carbocycles. The van der Waals surface area contributed by atoms with E-state index in [0.29, 0.717) is 5.56 Å². The first kappa shape index (κ1) is 14.1. The quantitative estimate of drug-likeness (QED) is 0.579. The molecule has 1 heterocycles. The van der Waals surface area contributed by atoms with Gasteiger partial charge in [0.15, 0.2) is 5.78 Å². The molecule has 0 fully saturated rings. The van der Waals surface area contributed by atoms with Crippen molar-refractivity contribution < 1.29 is 4.79 Å². The highest BCUT2D eigenvalue weighted by Crippen LogP contribution is 2.16. The van der Waals surface area contributed by atoms with Crippen LogP contribution in [0.25, 0.3) is 17.0 Å². The van der Waals surface area contributed by atoms with E-state index in [-0.39, 0.29) is 5.78 Å². The molecule has 0 atom stereocenters. The van der Waals surface area contributed by atoms with Gasteiger partial charge in [0.1, 0.15) is 0 Å². The number of fused-ring (bicyclic) bond motifs is 1. The molecular weight excluding hydrogens is 272 g/mol. The molecule has 0 spiro atoms. The molecule has 3 rings (SSSR count). The molecule has 22 heavy (non-hydrogen) atoms. The molecule has 1 N–H and O–H groups in total. The summed E-state index contributed by atoms with van der Waals surface area (Å²) in [5.74, 6) is 0.0134. The SMILES string of the molecule is CN(C)c1ccc(C(=O)/C=C/c2ccc3[nH]ccc3c2)cc1. The number of ketones is 1. The number of allylic oxidation sites excluding steroid dienone is 1. The second-order valence-corrected chi connectivity index (χ2v) is 5.46. The number of anilines is 1.